The molecule has 1 nitrogen and oxygen atoms in total. The van der Waals surface area contributed by atoms with Crippen molar-refractivity contribution in [2.75, 3.05) is 0 Å². The molecule has 0 aliphatic rings. The van der Waals surface area contributed by atoms with Gasteiger partial charge >= 0.3 is 0 Å². The van der Waals surface area contributed by atoms with Crippen LogP contribution in [-0.4, -0.2) is 18.1 Å². The Balaban J connectivity index is 4.34. The Kier molecular flexibility index (Phi) is 6.40. The van der Waals surface area contributed by atoms with Crippen LogP contribution >= 0.6 is 0 Å². The Morgan fingerprint density at radius 2 is 0.923 bits per heavy atom. The Bertz CT molecular complexity index is 98.5. The molecule has 0 heterocycles. The lowest BCUT2D eigenvalue weighted by molar-refractivity contribution is 0.206. The van der Waals surface area contributed by atoms with Crippen LogP contribution in [0.1, 0.15) is 60.8 Å². The van der Waals surface area contributed by atoms with Gasteiger partial charge in [-0.05, 0) is 20.8 Å². The van der Waals surface area contributed by atoms with Gasteiger partial charge < -0.3 is 0 Å². The van der Waals surface area contributed by atoms with Crippen molar-refractivity contribution in [3.05, 3.63) is 0 Å². The molecule has 3 atom stereocenters. The molecule has 0 aromatic rings. The highest BCUT2D eigenvalue weighted by molar-refractivity contribution is 4.82. The lowest BCUT2D eigenvalue weighted by atomic mass is 10.1. The van der Waals surface area contributed by atoms with Gasteiger partial charge in [0.1, 0.15) is 18.1 Å². The number of hydrogen-bond donors (Lipinski definition) is 0. The van der Waals surface area contributed by atoms with Gasteiger partial charge in [-0.3, -0.25) is 0 Å². The first-order chi connectivity index (χ1) is 6.08. The van der Waals surface area contributed by atoms with E-state index in [0.717, 1.165) is 18.1 Å². The van der Waals surface area contributed by atoms with Crippen LogP contribution < -0.4 is 4.90 Å². The Labute approximate surface area is 84.5 Å². The smallest absolute Gasteiger partial charge is 0.130 e. The second-order valence-electron chi connectivity index (χ2n) is 4.22. The van der Waals surface area contributed by atoms with Crippen LogP contribution in [0.4, 0.5) is 0 Å². The van der Waals surface area contributed by atoms with E-state index in [0.29, 0.717) is 0 Å². The van der Waals surface area contributed by atoms with Crippen LogP contribution in [0.3, 0.4) is 0 Å². The highest BCUT2D eigenvalue weighted by atomic mass is 15.2. The van der Waals surface area contributed by atoms with Crippen molar-refractivity contribution in [1.82, 2.24) is 4.90 Å². The normalized spacial score (nSPS) is 18.7. The maximum absolute atomic E-state index is 2.67. The summed E-state index contributed by atoms with van der Waals surface area (Å²) in [5, 5.41) is 0. The average Bonchev–Trinajstić information content (AvgIpc) is 2.16. The van der Waals surface area contributed by atoms with Gasteiger partial charge in [0.2, 0.25) is 0 Å². The van der Waals surface area contributed by atoms with E-state index >= 15 is 0 Å². The molecule has 1 radical (unpaired) electrons. The Hall–Kier alpha value is -0.0400. The first-order valence-electron chi connectivity index (χ1n) is 5.85. The predicted molar refractivity (Wildman–Crippen MR) is 61.4 cm³/mol. The second kappa shape index (κ2) is 6.42. The molecule has 0 aliphatic heterocycles. The summed E-state index contributed by atoms with van der Waals surface area (Å²) in [7, 11) is 0. The van der Waals surface area contributed by atoms with Gasteiger partial charge in [-0.1, -0.05) is 20.8 Å². The lowest BCUT2D eigenvalue weighted by Crippen LogP contribution is -2.50. The Morgan fingerprint density at radius 1 is 0.692 bits per heavy atom. The maximum atomic E-state index is 2.67. The minimum Gasteiger partial charge on any atom is -0.163 e. The van der Waals surface area contributed by atoms with Crippen LogP contribution in [0.25, 0.3) is 0 Å². The second-order valence-corrected chi connectivity index (χ2v) is 4.22. The van der Waals surface area contributed by atoms with Crippen LogP contribution in [0, 0.1) is 0 Å². The summed E-state index contributed by atoms with van der Waals surface area (Å²) in [6, 6.07) is 2.18. The summed E-state index contributed by atoms with van der Waals surface area (Å²) in [5.74, 6) is 0. The SMILES string of the molecule is CCC(C)[N+](C(C)CC)C(C)CC. The van der Waals surface area contributed by atoms with Gasteiger partial charge in [-0.15, -0.1) is 0 Å². The first kappa shape index (κ1) is 13.0. The first-order valence-corrected chi connectivity index (χ1v) is 5.85. The van der Waals surface area contributed by atoms with Crippen LogP contribution in [-0.2, 0) is 0 Å². The third-order valence-corrected chi connectivity index (χ3v) is 3.30. The molecule has 13 heavy (non-hydrogen) atoms. The fourth-order valence-electron chi connectivity index (χ4n) is 1.94. The van der Waals surface area contributed by atoms with Gasteiger partial charge in [-0.2, -0.15) is 4.90 Å². The summed E-state index contributed by atoms with van der Waals surface area (Å²) in [6.07, 6.45) is 3.78. The van der Waals surface area contributed by atoms with Crippen molar-refractivity contribution in [2.24, 2.45) is 0 Å². The molecule has 0 aromatic carbocycles. The summed E-state index contributed by atoms with van der Waals surface area (Å²) >= 11 is 0. The molecule has 79 valence electrons. The van der Waals surface area contributed by atoms with E-state index < -0.39 is 0 Å². The lowest BCUT2D eigenvalue weighted by Gasteiger charge is -2.28. The molecular formula is C12H27N+. The molecule has 0 bridgehead atoms. The summed E-state index contributed by atoms with van der Waals surface area (Å²) < 4.78 is 0. The number of nitrogens with zero attached hydrogens (tertiary/aromatic N) is 1. The third-order valence-electron chi connectivity index (χ3n) is 3.30. The van der Waals surface area contributed by atoms with Crippen LogP contribution in [0.2, 0.25) is 0 Å². The summed E-state index contributed by atoms with van der Waals surface area (Å²) in [6.45, 7) is 13.9. The van der Waals surface area contributed by atoms with E-state index in [1.54, 1.807) is 0 Å². The van der Waals surface area contributed by atoms with E-state index in [1.165, 1.54) is 19.3 Å². The van der Waals surface area contributed by atoms with Crippen molar-refractivity contribution in [3.8, 4) is 0 Å². The van der Waals surface area contributed by atoms with Crippen molar-refractivity contribution in [2.45, 2.75) is 78.9 Å². The summed E-state index contributed by atoms with van der Waals surface area (Å²) in [5.41, 5.74) is 0. The zero-order chi connectivity index (χ0) is 10.4. The Morgan fingerprint density at radius 3 is 1.08 bits per heavy atom. The van der Waals surface area contributed by atoms with Gasteiger partial charge in [0.15, 0.2) is 0 Å². The van der Waals surface area contributed by atoms with Crippen molar-refractivity contribution in [3.63, 3.8) is 0 Å². The van der Waals surface area contributed by atoms with E-state index in [4.69, 9.17) is 0 Å². The minimum absolute atomic E-state index is 0.727. The fourth-order valence-corrected chi connectivity index (χ4v) is 1.94. The molecule has 0 aromatic heterocycles. The molecule has 0 fully saturated rings. The molecular weight excluding hydrogens is 158 g/mol. The van der Waals surface area contributed by atoms with E-state index in [1.807, 2.05) is 0 Å². The van der Waals surface area contributed by atoms with Gasteiger partial charge in [0, 0.05) is 19.3 Å². The van der Waals surface area contributed by atoms with Crippen molar-refractivity contribution >= 4 is 0 Å². The standard InChI is InChI=1S/C12H27N/c1-7-10(4)13(11(5)8-2)12(6)9-3/h10-12H,7-9H2,1-6H3/q+1. The molecule has 0 spiro atoms. The minimum atomic E-state index is 0.727. The van der Waals surface area contributed by atoms with Crippen LogP contribution in [0.5, 0.6) is 0 Å². The van der Waals surface area contributed by atoms with E-state index in [2.05, 4.69) is 46.4 Å². The summed E-state index contributed by atoms with van der Waals surface area (Å²) in [4.78, 5) is 2.67. The van der Waals surface area contributed by atoms with Gasteiger partial charge in [0.25, 0.3) is 0 Å². The zero-order valence-electron chi connectivity index (χ0n) is 10.3. The zero-order valence-corrected chi connectivity index (χ0v) is 10.3. The maximum Gasteiger partial charge on any atom is 0.130 e. The molecule has 0 aliphatic carbocycles. The monoisotopic (exact) mass is 185 g/mol. The van der Waals surface area contributed by atoms with Crippen molar-refractivity contribution in [1.29, 1.82) is 0 Å². The topological polar surface area (TPSA) is 5.90 Å². The third kappa shape index (κ3) is 3.68. The molecule has 0 saturated heterocycles. The van der Waals surface area contributed by atoms with Crippen molar-refractivity contribution < 1.29 is 0 Å². The van der Waals surface area contributed by atoms with Gasteiger partial charge in [-0.25, -0.2) is 0 Å². The highest BCUT2D eigenvalue weighted by Crippen LogP contribution is 2.13. The molecule has 3 unspecified atom stereocenters. The molecule has 0 rings (SSSR count). The molecule has 0 N–H and O–H groups in total. The average molecular weight is 185 g/mol. The molecule has 0 amide bonds. The molecule has 0 saturated carbocycles. The predicted octanol–water partition coefficient (Wildman–Crippen LogP) is 3.52. The van der Waals surface area contributed by atoms with E-state index in [-0.39, 0.29) is 0 Å². The highest BCUT2D eigenvalue weighted by Gasteiger charge is 2.31. The number of hydrogen-bond acceptors (Lipinski definition) is 1. The molecule has 1 heteroatoms. The largest absolute Gasteiger partial charge is 0.163 e. The fraction of sp³-hybridized carbons (Fsp3) is 1.00. The van der Waals surface area contributed by atoms with Crippen LogP contribution in [0.15, 0.2) is 0 Å². The van der Waals surface area contributed by atoms with Gasteiger partial charge in [0.05, 0.1) is 0 Å². The number of rotatable bonds is 6. The van der Waals surface area contributed by atoms with E-state index in [9.17, 15) is 0 Å². The quantitative estimate of drug-likeness (QED) is 0.558.